The number of hydrogen-bond donors (Lipinski definition) is 1. The van der Waals surface area contributed by atoms with Crippen LogP contribution in [0.15, 0.2) is 24.3 Å². The highest BCUT2D eigenvalue weighted by atomic mass is 19.1. The molecule has 4 nitrogen and oxygen atoms in total. The van der Waals surface area contributed by atoms with Gasteiger partial charge >= 0.3 is 5.97 Å². The summed E-state index contributed by atoms with van der Waals surface area (Å²) in [5.41, 5.74) is 0.230. The van der Waals surface area contributed by atoms with Gasteiger partial charge in [-0.1, -0.05) is 19.3 Å². The number of carbonyl (C=O) groups is 2. The SMILES string of the molecule is CC(OC(=O)c1ccc(F)cc1)C(=O)NC1CCCCC1. The molecule has 1 atom stereocenters. The molecule has 114 valence electrons. The summed E-state index contributed by atoms with van der Waals surface area (Å²) in [6.07, 6.45) is 4.55. The van der Waals surface area contributed by atoms with Crippen LogP contribution in [-0.2, 0) is 9.53 Å². The smallest absolute Gasteiger partial charge is 0.338 e. The van der Waals surface area contributed by atoms with Gasteiger partial charge in [0.2, 0.25) is 0 Å². The third-order valence-electron chi connectivity index (χ3n) is 3.68. The fraction of sp³-hybridized carbons (Fsp3) is 0.500. The number of nitrogens with one attached hydrogen (secondary N) is 1. The van der Waals surface area contributed by atoms with Crippen LogP contribution in [0.25, 0.3) is 0 Å². The third kappa shape index (κ3) is 4.55. The van der Waals surface area contributed by atoms with E-state index in [-0.39, 0.29) is 17.5 Å². The lowest BCUT2D eigenvalue weighted by Gasteiger charge is -2.24. The van der Waals surface area contributed by atoms with E-state index in [4.69, 9.17) is 4.74 Å². The molecule has 1 aromatic rings. The molecule has 0 heterocycles. The van der Waals surface area contributed by atoms with Crippen molar-refractivity contribution >= 4 is 11.9 Å². The predicted molar refractivity (Wildman–Crippen MR) is 76.3 cm³/mol. The Hall–Kier alpha value is -1.91. The largest absolute Gasteiger partial charge is 0.449 e. The van der Waals surface area contributed by atoms with Crippen molar-refractivity contribution in [2.45, 2.75) is 51.2 Å². The molecule has 1 aliphatic rings. The van der Waals surface area contributed by atoms with Crippen LogP contribution in [0.3, 0.4) is 0 Å². The molecule has 2 rings (SSSR count). The van der Waals surface area contributed by atoms with E-state index in [1.807, 2.05) is 0 Å². The van der Waals surface area contributed by atoms with Crippen LogP contribution in [0.4, 0.5) is 4.39 Å². The summed E-state index contributed by atoms with van der Waals surface area (Å²) < 4.78 is 17.9. The fourth-order valence-corrected chi connectivity index (χ4v) is 2.43. The molecule has 0 aliphatic heterocycles. The fourth-order valence-electron chi connectivity index (χ4n) is 2.43. The van der Waals surface area contributed by atoms with Crippen molar-refractivity contribution < 1.29 is 18.7 Å². The molecule has 0 radical (unpaired) electrons. The number of halogens is 1. The minimum Gasteiger partial charge on any atom is -0.449 e. The Balaban J connectivity index is 1.84. The van der Waals surface area contributed by atoms with Crippen molar-refractivity contribution in [1.82, 2.24) is 5.32 Å². The van der Waals surface area contributed by atoms with Gasteiger partial charge in [-0.15, -0.1) is 0 Å². The highest BCUT2D eigenvalue weighted by molar-refractivity contribution is 5.92. The summed E-state index contributed by atoms with van der Waals surface area (Å²) >= 11 is 0. The van der Waals surface area contributed by atoms with Crippen LogP contribution in [-0.4, -0.2) is 24.0 Å². The van der Waals surface area contributed by atoms with E-state index in [0.717, 1.165) is 25.7 Å². The maximum absolute atomic E-state index is 12.8. The van der Waals surface area contributed by atoms with Crippen LogP contribution in [0.2, 0.25) is 0 Å². The highest BCUT2D eigenvalue weighted by Crippen LogP contribution is 2.17. The molecule has 1 aliphatic carbocycles. The maximum Gasteiger partial charge on any atom is 0.338 e. The number of carbonyl (C=O) groups excluding carboxylic acids is 2. The molecule has 1 N–H and O–H groups in total. The van der Waals surface area contributed by atoms with E-state index < -0.39 is 17.9 Å². The minimum absolute atomic E-state index is 0.179. The number of hydrogen-bond acceptors (Lipinski definition) is 3. The number of esters is 1. The first-order valence-electron chi connectivity index (χ1n) is 7.33. The van der Waals surface area contributed by atoms with Gasteiger partial charge < -0.3 is 10.1 Å². The molecule has 0 bridgehead atoms. The summed E-state index contributed by atoms with van der Waals surface area (Å²) in [4.78, 5) is 23.8. The number of benzene rings is 1. The topological polar surface area (TPSA) is 55.4 Å². The number of ether oxygens (including phenoxy) is 1. The van der Waals surface area contributed by atoms with Crippen molar-refractivity contribution in [2.75, 3.05) is 0 Å². The predicted octanol–water partition coefficient (Wildman–Crippen LogP) is 2.82. The highest BCUT2D eigenvalue weighted by Gasteiger charge is 2.22. The second-order valence-corrected chi connectivity index (χ2v) is 5.40. The van der Waals surface area contributed by atoms with Crippen molar-refractivity contribution in [1.29, 1.82) is 0 Å². The van der Waals surface area contributed by atoms with Crippen LogP contribution in [0.5, 0.6) is 0 Å². The summed E-state index contributed by atoms with van der Waals surface area (Å²) in [6, 6.07) is 5.22. The van der Waals surface area contributed by atoms with Gasteiger partial charge in [0.1, 0.15) is 5.82 Å². The zero-order valence-corrected chi connectivity index (χ0v) is 12.1. The lowest BCUT2D eigenvalue weighted by atomic mass is 9.95. The second kappa shape index (κ2) is 7.20. The maximum atomic E-state index is 12.8. The Morgan fingerprint density at radius 3 is 2.43 bits per heavy atom. The van der Waals surface area contributed by atoms with E-state index in [1.165, 1.54) is 30.7 Å². The molecule has 0 spiro atoms. The van der Waals surface area contributed by atoms with Gasteiger partial charge in [0, 0.05) is 6.04 Å². The minimum atomic E-state index is -0.857. The van der Waals surface area contributed by atoms with Crippen LogP contribution >= 0.6 is 0 Å². The summed E-state index contributed by atoms with van der Waals surface area (Å²) in [5.74, 6) is -1.33. The van der Waals surface area contributed by atoms with Gasteiger partial charge in [-0.25, -0.2) is 9.18 Å². The summed E-state index contributed by atoms with van der Waals surface area (Å²) in [6.45, 7) is 1.54. The number of rotatable bonds is 4. The Morgan fingerprint density at radius 1 is 1.19 bits per heavy atom. The quantitative estimate of drug-likeness (QED) is 0.868. The van der Waals surface area contributed by atoms with Gasteiger partial charge in [0.05, 0.1) is 5.56 Å². The first kappa shape index (κ1) is 15.5. The molecule has 1 saturated carbocycles. The molecule has 0 saturated heterocycles. The Bertz CT molecular complexity index is 495. The van der Waals surface area contributed by atoms with Gasteiger partial charge in [0.25, 0.3) is 5.91 Å². The van der Waals surface area contributed by atoms with Crippen LogP contribution in [0.1, 0.15) is 49.4 Å². The average molecular weight is 293 g/mol. The molecule has 21 heavy (non-hydrogen) atoms. The Labute approximate surface area is 123 Å². The standard InChI is InChI=1S/C16H20FNO3/c1-11(15(19)18-14-5-3-2-4-6-14)21-16(20)12-7-9-13(17)10-8-12/h7-11,14H,2-6H2,1H3,(H,18,19). The zero-order chi connectivity index (χ0) is 15.2. The van der Waals surface area contributed by atoms with Crippen molar-refractivity contribution in [3.05, 3.63) is 35.6 Å². The molecule has 1 aromatic carbocycles. The van der Waals surface area contributed by atoms with E-state index in [0.29, 0.717) is 0 Å². The van der Waals surface area contributed by atoms with Crippen molar-refractivity contribution in [3.8, 4) is 0 Å². The molecule has 1 amide bonds. The molecule has 1 unspecified atom stereocenters. The lowest BCUT2D eigenvalue weighted by Crippen LogP contribution is -2.42. The van der Waals surface area contributed by atoms with E-state index in [9.17, 15) is 14.0 Å². The van der Waals surface area contributed by atoms with Gasteiger partial charge in [-0.05, 0) is 44.0 Å². The Kier molecular flexibility index (Phi) is 5.31. The third-order valence-corrected chi connectivity index (χ3v) is 3.68. The molecular weight excluding hydrogens is 273 g/mol. The van der Waals surface area contributed by atoms with Crippen LogP contribution in [0, 0.1) is 5.82 Å². The van der Waals surface area contributed by atoms with Gasteiger partial charge in [0.15, 0.2) is 6.10 Å². The van der Waals surface area contributed by atoms with Gasteiger partial charge in [-0.3, -0.25) is 4.79 Å². The van der Waals surface area contributed by atoms with E-state index >= 15 is 0 Å². The van der Waals surface area contributed by atoms with Crippen LogP contribution < -0.4 is 5.32 Å². The molecule has 1 fully saturated rings. The average Bonchev–Trinajstić information content (AvgIpc) is 2.48. The van der Waals surface area contributed by atoms with Crippen molar-refractivity contribution in [2.24, 2.45) is 0 Å². The summed E-state index contributed by atoms with van der Waals surface area (Å²) in [5, 5.41) is 2.91. The number of amides is 1. The van der Waals surface area contributed by atoms with E-state index in [2.05, 4.69) is 5.32 Å². The summed E-state index contributed by atoms with van der Waals surface area (Å²) in [7, 11) is 0. The first-order valence-corrected chi connectivity index (χ1v) is 7.33. The lowest BCUT2D eigenvalue weighted by molar-refractivity contribution is -0.130. The van der Waals surface area contributed by atoms with Gasteiger partial charge in [-0.2, -0.15) is 0 Å². The second-order valence-electron chi connectivity index (χ2n) is 5.40. The first-order chi connectivity index (χ1) is 10.1. The molecular formula is C16H20FNO3. The Morgan fingerprint density at radius 2 is 1.81 bits per heavy atom. The van der Waals surface area contributed by atoms with E-state index in [1.54, 1.807) is 6.92 Å². The zero-order valence-electron chi connectivity index (χ0n) is 12.1. The molecule has 5 heteroatoms. The monoisotopic (exact) mass is 293 g/mol. The molecule has 0 aromatic heterocycles. The normalized spacial score (nSPS) is 17.0. The van der Waals surface area contributed by atoms with Crippen molar-refractivity contribution in [3.63, 3.8) is 0 Å².